The van der Waals surface area contributed by atoms with E-state index in [0.717, 1.165) is 0 Å². The lowest BCUT2D eigenvalue weighted by Crippen LogP contribution is -2.41. The van der Waals surface area contributed by atoms with E-state index in [9.17, 15) is 4.79 Å². The summed E-state index contributed by atoms with van der Waals surface area (Å²) in [7, 11) is 0. The third-order valence-corrected chi connectivity index (χ3v) is 3.80. The first kappa shape index (κ1) is 18.3. The summed E-state index contributed by atoms with van der Waals surface area (Å²) in [6.45, 7) is 7.80. The lowest BCUT2D eigenvalue weighted by Gasteiger charge is -2.36. The molecule has 2 rings (SSSR count). The second-order valence-electron chi connectivity index (χ2n) is 6.60. The summed E-state index contributed by atoms with van der Waals surface area (Å²) in [4.78, 5) is 16.0. The van der Waals surface area contributed by atoms with Gasteiger partial charge in [-0.25, -0.2) is 4.98 Å². The van der Waals surface area contributed by atoms with Gasteiger partial charge in [0.15, 0.2) is 6.10 Å². The van der Waals surface area contributed by atoms with Crippen LogP contribution in [0.1, 0.15) is 40.3 Å². The number of hydrogen-bond acceptors (Lipinski definition) is 4. The molecule has 0 spiro atoms. The van der Waals surface area contributed by atoms with Gasteiger partial charge in [-0.15, -0.1) is 0 Å². The Morgan fingerprint density at radius 2 is 1.96 bits per heavy atom. The Labute approximate surface area is 147 Å². The third kappa shape index (κ3) is 4.74. The van der Waals surface area contributed by atoms with E-state index in [2.05, 4.69) is 4.98 Å². The zero-order chi connectivity index (χ0) is 17.7. The van der Waals surface area contributed by atoms with Gasteiger partial charge in [0.2, 0.25) is 6.23 Å². The maximum Gasteiger partial charge on any atom is 0.306 e. The summed E-state index contributed by atoms with van der Waals surface area (Å²) < 4.78 is 13.6. The molecule has 1 heterocycles. The normalized spacial score (nSPS) is 14.0. The number of carbonyl (C=O) groups excluding carboxylic acids is 1. The molecule has 24 heavy (non-hydrogen) atoms. The summed E-state index contributed by atoms with van der Waals surface area (Å²) in [5.41, 5.74) is -0.327. The molecule has 1 aromatic carbocycles. The van der Waals surface area contributed by atoms with Crippen molar-refractivity contribution in [3.8, 4) is 5.75 Å². The molecule has 0 amide bonds. The van der Waals surface area contributed by atoms with Crippen LogP contribution >= 0.6 is 11.6 Å². The minimum atomic E-state index is -0.538. The van der Waals surface area contributed by atoms with Crippen molar-refractivity contribution in [2.24, 2.45) is 5.41 Å². The zero-order valence-corrected chi connectivity index (χ0v) is 15.2. The van der Waals surface area contributed by atoms with Crippen LogP contribution in [0.3, 0.4) is 0 Å². The minimum Gasteiger partial charge on any atom is -0.466 e. The average molecular weight is 351 g/mol. The van der Waals surface area contributed by atoms with Crippen LogP contribution < -0.4 is 4.74 Å². The van der Waals surface area contributed by atoms with Gasteiger partial charge in [-0.05, 0) is 24.3 Å². The number of ether oxygens (including phenoxy) is 2. The highest BCUT2D eigenvalue weighted by Crippen LogP contribution is 2.33. The molecular weight excluding hydrogens is 328 g/mol. The van der Waals surface area contributed by atoms with Gasteiger partial charge in [0.25, 0.3) is 0 Å². The van der Waals surface area contributed by atoms with Gasteiger partial charge in [-0.2, -0.15) is 0 Å². The first-order chi connectivity index (χ1) is 11.3. The molecule has 0 bridgehead atoms. The standard InChI is InChI=1S/C18H23ClN2O3/c1-5-15(22)24-16(18(2,3)4)17(21-11-10-20-12-21)23-14-8-6-13(19)7-9-14/h6-12,16-17H,5H2,1-4H3. The van der Waals surface area contributed by atoms with Crippen molar-refractivity contribution in [2.45, 2.75) is 46.4 Å². The lowest BCUT2D eigenvalue weighted by atomic mass is 9.87. The monoisotopic (exact) mass is 350 g/mol. The van der Waals surface area contributed by atoms with Crippen LogP contribution in [0.2, 0.25) is 5.02 Å². The molecule has 2 unspecified atom stereocenters. The van der Waals surface area contributed by atoms with Crippen LogP contribution in [0.4, 0.5) is 0 Å². The predicted molar refractivity (Wildman–Crippen MR) is 93.0 cm³/mol. The molecule has 0 aliphatic heterocycles. The molecule has 6 heteroatoms. The van der Waals surface area contributed by atoms with E-state index in [1.54, 1.807) is 54.5 Å². The number of hydrogen-bond donors (Lipinski definition) is 0. The van der Waals surface area contributed by atoms with E-state index in [-0.39, 0.29) is 11.4 Å². The summed E-state index contributed by atoms with van der Waals surface area (Å²) >= 11 is 5.93. The molecule has 2 aromatic rings. The Morgan fingerprint density at radius 3 is 2.46 bits per heavy atom. The zero-order valence-electron chi connectivity index (χ0n) is 14.4. The number of halogens is 1. The average Bonchev–Trinajstić information content (AvgIpc) is 3.05. The van der Waals surface area contributed by atoms with Crippen molar-refractivity contribution in [3.63, 3.8) is 0 Å². The van der Waals surface area contributed by atoms with Gasteiger partial charge in [-0.3, -0.25) is 9.36 Å². The van der Waals surface area contributed by atoms with E-state index in [1.165, 1.54) is 0 Å². The lowest BCUT2D eigenvalue weighted by molar-refractivity contribution is -0.167. The maximum atomic E-state index is 11.9. The molecule has 0 N–H and O–H groups in total. The van der Waals surface area contributed by atoms with Crippen LogP contribution in [0.15, 0.2) is 43.0 Å². The number of benzene rings is 1. The van der Waals surface area contributed by atoms with Crippen molar-refractivity contribution < 1.29 is 14.3 Å². The number of imidazole rings is 1. The first-order valence-electron chi connectivity index (χ1n) is 7.90. The van der Waals surface area contributed by atoms with Crippen LogP contribution in [-0.4, -0.2) is 21.6 Å². The van der Waals surface area contributed by atoms with E-state index in [1.807, 2.05) is 20.8 Å². The third-order valence-electron chi connectivity index (χ3n) is 3.55. The number of nitrogens with zero attached hydrogens (tertiary/aromatic N) is 2. The minimum absolute atomic E-state index is 0.264. The number of rotatable bonds is 6. The Hall–Kier alpha value is -2.01. The summed E-state index contributed by atoms with van der Waals surface area (Å²) in [5.74, 6) is 0.375. The predicted octanol–water partition coefficient (Wildman–Crippen LogP) is 4.48. The summed E-state index contributed by atoms with van der Waals surface area (Å²) in [6.07, 6.45) is 4.39. The van der Waals surface area contributed by atoms with Crippen LogP contribution in [0.5, 0.6) is 5.75 Å². The quantitative estimate of drug-likeness (QED) is 0.721. The van der Waals surface area contributed by atoms with Gasteiger partial charge in [0, 0.05) is 29.3 Å². The second-order valence-corrected chi connectivity index (χ2v) is 7.04. The largest absolute Gasteiger partial charge is 0.466 e. The van der Waals surface area contributed by atoms with E-state index in [0.29, 0.717) is 17.2 Å². The fourth-order valence-corrected chi connectivity index (χ4v) is 2.37. The molecule has 0 aliphatic carbocycles. The molecule has 5 nitrogen and oxygen atoms in total. The molecule has 0 aliphatic rings. The Bertz CT molecular complexity index is 648. The highest BCUT2D eigenvalue weighted by atomic mass is 35.5. The molecule has 130 valence electrons. The molecule has 0 saturated carbocycles. The fraction of sp³-hybridized carbons (Fsp3) is 0.444. The van der Waals surface area contributed by atoms with Gasteiger partial charge < -0.3 is 9.47 Å². The van der Waals surface area contributed by atoms with Gasteiger partial charge in [-0.1, -0.05) is 39.3 Å². The van der Waals surface area contributed by atoms with Crippen molar-refractivity contribution in [1.29, 1.82) is 0 Å². The van der Waals surface area contributed by atoms with E-state index >= 15 is 0 Å². The number of aromatic nitrogens is 2. The maximum absolute atomic E-state index is 11.9. The Balaban J connectivity index is 2.35. The first-order valence-corrected chi connectivity index (χ1v) is 8.28. The smallest absolute Gasteiger partial charge is 0.306 e. The molecule has 0 radical (unpaired) electrons. The molecule has 2 atom stereocenters. The van der Waals surface area contributed by atoms with Crippen molar-refractivity contribution in [3.05, 3.63) is 48.0 Å². The van der Waals surface area contributed by atoms with Gasteiger partial charge >= 0.3 is 5.97 Å². The van der Waals surface area contributed by atoms with Crippen molar-refractivity contribution in [2.75, 3.05) is 0 Å². The molecule has 1 aromatic heterocycles. The number of carbonyl (C=O) groups is 1. The molecule has 0 fully saturated rings. The second kappa shape index (κ2) is 7.71. The summed E-state index contributed by atoms with van der Waals surface area (Å²) in [5, 5.41) is 0.631. The fourth-order valence-electron chi connectivity index (χ4n) is 2.24. The highest BCUT2D eigenvalue weighted by Gasteiger charge is 2.38. The van der Waals surface area contributed by atoms with Crippen molar-refractivity contribution >= 4 is 17.6 Å². The van der Waals surface area contributed by atoms with Gasteiger partial charge in [0.1, 0.15) is 5.75 Å². The highest BCUT2D eigenvalue weighted by molar-refractivity contribution is 6.30. The Kier molecular flexibility index (Phi) is 5.89. The van der Waals surface area contributed by atoms with Crippen LogP contribution in [0, 0.1) is 5.41 Å². The van der Waals surface area contributed by atoms with E-state index < -0.39 is 12.3 Å². The SMILES string of the molecule is CCC(=O)OC(C(Oc1ccc(Cl)cc1)n1ccnc1)C(C)(C)C. The van der Waals surface area contributed by atoms with Crippen molar-refractivity contribution in [1.82, 2.24) is 9.55 Å². The molecular formula is C18H23ClN2O3. The summed E-state index contributed by atoms with van der Waals surface area (Å²) in [6, 6.07) is 7.08. The van der Waals surface area contributed by atoms with E-state index in [4.69, 9.17) is 21.1 Å². The molecule has 0 saturated heterocycles. The van der Waals surface area contributed by atoms with Gasteiger partial charge in [0.05, 0.1) is 6.33 Å². The van der Waals surface area contributed by atoms with Crippen LogP contribution in [0.25, 0.3) is 0 Å². The number of esters is 1. The topological polar surface area (TPSA) is 53.4 Å². The van der Waals surface area contributed by atoms with Crippen LogP contribution in [-0.2, 0) is 9.53 Å². The Morgan fingerprint density at radius 1 is 1.29 bits per heavy atom.